The van der Waals surface area contributed by atoms with Crippen molar-refractivity contribution >= 4 is 11.8 Å². The number of hydrogen-bond donors (Lipinski definition) is 1. The summed E-state index contributed by atoms with van der Waals surface area (Å²) >= 11 is 0. The van der Waals surface area contributed by atoms with Crippen LogP contribution >= 0.6 is 0 Å². The molecule has 1 fully saturated rings. The minimum absolute atomic E-state index is 0.0274. The maximum absolute atomic E-state index is 12.7. The lowest BCUT2D eigenvalue weighted by Gasteiger charge is -2.25. The lowest BCUT2D eigenvalue weighted by atomic mass is 10.2. The molecule has 0 aliphatic carbocycles. The summed E-state index contributed by atoms with van der Waals surface area (Å²) in [6.45, 7) is 4.39. The topological polar surface area (TPSA) is 84.4 Å². The number of carbonyl (C=O) groups is 2. The highest BCUT2D eigenvalue weighted by atomic mass is 16.5. The molecule has 7 nitrogen and oxygen atoms in total. The van der Waals surface area contributed by atoms with E-state index in [0.717, 1.165) is 38.7 Å². The molecule has 0 spiro atoms. The van der Waals surface area contributed by atoms with Crippen LogP contribution in [0.15, 0.2) is 18.6 Å². The molecule has 1 aromatic heterocycles. The summed E-state index contributed by atoms with van der Waals surface area (Å²) in [7, 11) is 0. The van der Waals surface area contributed by atoms with Gasteiger partial charge in [0.1, 0.15) is 5.69 Å². The third-order valence-corrected chi connectivity index (χ3v) is 4.23. The number of nitrogens with one attached hydrogen (secondary N) is 1. The maximum Gasteiger partial charge on any atom is 0.274 e. The fourth-order valence-electron chi connectivity index (χ4n) is 2.81. The Hall–Kier alpha value is -2.02. The Balaban J connectivity index is 1.87. The first-order valence-corrected chi connectivity index (χ1v) is 9.14. The van der Waals surface area contributed by atoms with Crippen LogP contribution in [0.2, 0.25) is 0 Å². The number of unbranched alkanes of at least 4 members (excludes halogenated alkanes) is 2. The van der Waals surface area contributed by atoms with E-state index in [0.29, 0.717) is 25.3 Å². The van der Waals surface area contributed by atoms with Crippen LogP contribution in [0.1, 0.15) is 55.9 Å². The van der Waals surface area contributed by atoms with Crippen LogP contribution in [0, 0.1) is 0 Å². The summed E-state index contributed by atoms with van der Waals surface area (Å²) in [6, 6.07) is 0. The second kappa shape index (κ2) is 10.8. The van der Waals surface area contributed by atoms with Crippen LogP contribution in [0.3, 0.4) is 0 Å². The maximum atomic E-state index is 12.7. The Morgan fingerprint density at radius 2 is 2.24 bits per heavy atom. The van der Waals surface area contributed by atoms with Crippen molar-refractivity contribution in [2.45, 2.75) is 51.6 Å². The Kier molecular flexibility index (Phi) is 8.31. The summed E-state index contributed by atoms with van der Waals surface area (Å²) in [5, 5.41) is 2.91. The van der Waals surface area contributed by atoms with E-state index in [-0.39, 0.29) is 24.3 Å². The predicted octanol–water partition coefficient (Wildman–Crippen LogP) is 1.79. The van der Waals surface area contributed by atoms with Gasteiger partial charge in [0, 0.05) is 45.1 Å². The zero-order chi connectivity index (χ0) is 17.9. The molecule has 0 aromatic carbocycles. The van der Waals surface area contributed by atoms with Gasteiger partial charge in [0.05, 0.1) is 12.3 Å². The first-order chi connectivity index (χ1) is 12.2. The largest absolute Gasteiger partial charge is 0.376 e. The van der Waals surface area contributed by atoms with Crippen LogP contribution in [-0.4, -0.2) is 59.0 Å². The SMILES string of the molecule is CCCCCNC(=O)CCN(CC1CCCO1)C(=O)c1cnccn1. The van der Waals surface area contributed by atoms with E-state index in [1.165, 1.54) is 18.6 Å². The zero-order valence-electron chi connectivity index (χ0n) is 14.9. The van der Waals surface area contributed by atoms with Gasteiger partial charge in [-0.1, -0.05) is 19.8 Å². The van der Waals surface area contributed by atoms with Crippen molar-refractivity contribution < 1.29 is 14.3 Å². The molecule has 0 radical (unpaired) electrons. The van der Waals surface area contributed by atoms with Gasteiger partial charge in [-0.05, 0) is 19.3 Å². The van der Waals surface area contributed by atoms with E-state index < -0.39 is 0 Å². The highest BCUT2D eigenvalue weighted by Crippen LogP contribution is 2.15. The molecule has 25 heavy (non-hydrogen) atoms. The van der Waals surface area contributed by atoms with Crippen LogP contribution in [0.25, 0.3) is 0 Å². The average molecular weight is 348 g/mol. The average Bonchev–Trinajstić information content (AvgIpc) is 3.15. The van der Waals surface area contributed by atoms with E-state index in [9.17, 15) is 9.59 Å². The fraction of sp³-hybridized carbons (Fsp3) is 0.667. The van der Waals surface area contributed by atoms with Gasteiger partial charge in [-0.25, -0.2) is 4.98 Å². The molecule has 7 heteroatoms. The molecular formula is C18H28N4O3. The molecule has 0 bridgehead atoms. The normalized spacial score (nSPS) is 16.6. The van der Waals surface area contributed by atoms with Gasteiger partial charge in [-0.15, -0.1) is 0 Å². The monoisotopic (exact) mass is 348 g/mol. The quantitative estimate of drug-likeness (QED) is 0.652. The van der Waals surface area contributed by atoms with Crippen molar-refractivity contribution in [3.63, 3.8) is 0 Å². The standard InChI is InChI=1S/C18H28N4O3/c1-2-3-4-8-21-17(23)7-11-22(14-15-6-5-12-25-15)18(24)16-13-19-9-10-20-16/h9-10,13,15H,2-8,11-12,14H2,1H3,(H,21,23). The first-order valence-electron chi connectivity index (χ1n) is 9.14. The number of hydrogen-bond acceptors (Lipinski definition) is 5. The summed E-state index contributed by atoms with van der Waals surface area (Å²) in [5.41, 5.74) is 0.295. The molecule has 1 aliphatic heterocycles. The van der Waals surface area contributed by atoms with Gasteiger partial charge in [0.15, 0.2) is 0 Å². The van der Waals surface area contributed by atoms with E-state index >= 15 is 0 Å². The van der Waals surface area contributed by atoms with Gasteiger partial charge in [0.2, 0.25) is 5.91 Å². The van der Waals surface area contributed by atoms with Crippen molar-refractivity contribution in [3.8, 4) is 0 Å². The third-order valence-electron chi connectivity index (χ3n) is 4.23. The van der Waals surface area contributed by atoms with E-state index in [1.54, 1.807) is 4.90 Å². The molecule has 1 unspecified atom stereocenters. The number of nitrogens with zero attached hydrogens (tertiary/aromatic N) is 3. The molecular weight excluding hydrogens is 320 g/mol. The molecule has 1 aromatic rings. The Morgan fingerprint density at radius 3 is 2.92 bits per heavy atom. The van der Waals surface area contributed by atoms with Crippen molar-refractivity contribution in [1.82, 2.24) is 20.2 Å². The van der Waals surface area contributed by atoms with E-state index in [1.807, 2.05) is 0 Å². The van der Waals surface area contributed by atoms with Crippen LogP contribution in [0.5, 0.6) is 0 Å². The molecule has 1 saturated heterocycles. The minimum Gasteiger partial charge on any atom is -0.376 e. The fourth-order valence-corrected chi connectivity index (χ4v) is 2.81. The Labute approximate surface area is 149 Å². The van der Waals surface area contributed by atoms with Crippen LogP contribution in [-0.2, 0) is 9.53 Å². The van der Waals surface area contributed by atoms with Crippen molar-refractivity contribution in [1.29, 1.82) is 0 Å². The summed E-state index contributed by atoms with van der Waals surface area (Å²) in [5.74, 6) is -0.234. The Bertz CT molecular complexity index is 532. The number of amides is 2. The number of rotatable bonds is 10. The number of ether oxygens (including phenoxy) is 1. The van der Waals surface area contributed by atoms with Gasteiger partial charge in [-0.3, -0.25) is 14.6 Å². The lowest BCUT2D eigenvalue weighted by molar-refractivity contribution is -0.121. The Morgan fingerprint density at radius 1 is 1.36 bits per heavy atom. The smallest absolute Gasteiger partial charge is 0.274 e. The summed E-state index contributed by atoms with van der Waals surface area (Å²) in [6.07, 6.45) is 9.97. The first kappa shape index (κ1) is 19.3. The van der Waals surface area contributed by atoms with Gasteiger partial charge >= 0.3 is 0 Å². The molecule has 2 heterocycles. The molecule has 1 atom stereocenters. The third kappa shape index (κ3) is 6.78. The summed E-state index contributed by atoms with van der Waals surface area (Å²) < 4.78 is 5.64. The molecule has 1 N–H and O–H groups in total. The summed E-state index contributed by atoms with van der Waals surface area (Å²) in [4.78, 5) is 34.4. The molecule has 138 valence electrons. The second-order valence-electron chi connectivity index (χ2n) is 6.28. The predicted molar refractivity (Wildman–Crippen MR) is 94.1 cm³/mol. The van der Waals surface area contributed by atoms with Crippen LogP contribution in [0.4, 0.5) is 0 Å². The molecule has 2 rings (SSSR count). The lowest BCUT2D eigenvalue weighted by Crippen LogP contribution is -2.40. The van der Waals surface area contributed by atoms with Crippen LogP contribution < -0.4 is 5.32 Å². The molecule has 0 saturated carbocycles. The van der Waals surface area contributed by atoms with Crippen molar-refractivity contribution in [3.05, 3.63) is 24.3 Å². The van der Waals surface area contributed by atoms with Gasteiger partial charge in [-0.2, -0.15) is 0 Å². The van der Waals surface area contributed by atoms with E-state index in [2.05, 4.69) is 22.2 Å². The van der Waals surface area contributed by atoms with Crippen molar-refractivity contribution in [2.75, 3.05) is 26.2 Å². The van der Waals surface area contributed by atoms with Gasteiger partial charge in [0.25, 0.3) is 5.91 Å². The molecule has 2 amide bonds. The highest BCUT2D eigenvalue weighted by Gasteiger charge is 2.24. The molecule has 1 aliphatic rings. The van der Waals surface area contributed by atoms with Crippen molar-refractivity contribution in [2.24, 2.45) is 0 Å². The van der Waals surface area contributed by atoms with E-state index in [4.69, 9.17) is 4.74 Å². The highest BCUT2D eigenvalue weighted by molar-refractivity contribution is 5.92. The van der Waals surface area contributed by atoms with Gasteiger partial charge < -0.3 is 15.0 Å². The zero-order valence-corrected chi connectivity index (χ0v) is 14.9. The second-order valence-corrected chi connectivity index (χ2v) is 6.28. The number of aromatic nitrogens is 2. The minimum atomic E-state index is -0.206. The number of carbonyl (C=O) groups excluding carboxylic acids is 2.